The van der Waals surface area contributed by atoms with Crippen molar-refractivity contribution in [2.24, 2.45) is 0 Å². The van der Waals surface area contributed by atoms with Crippen molar-refractivity contribution in [3.63, 3.8) is 0 Å². The summed E-state index contributed by atoms with van der Waals surface area (Å²) in [5.41, 5.74) is 0.662. The molecule has 84 valence electrons. The molecule has 0 heterocycles. The van der Waals surface area contributed by atoms with E-state index in [1.165, 1.54) is 12.1 Å². The molecule has 0 amide bonds. The fourth-order valence-electron chi connectivity index (χ4n) is 1.27. The molecule has 0 fully saturated rings. The summed E-state index contributed by atoms with van der Waals surface area (Å²) in [5, 5.41) is 9.55. The van der Waals surface area contributed by atoms with Crippen LogP contribution in [0.4, 0.5) is 4.39 Å². The van der Waals surface area contributed by atoms with Gasteiger partial charge in [0.05, 0.1) is 6.10 Å². The van der Waals surface area contributed by atoms with Crippen LogP contribution >= 0.6 is 11.8 Å². The first kappa shape index (κ1) is 12.5. The first-order chi connectivity index (χ1) is 6.79. The van der Waals surface area contributed by atoms with Crippen molar-refractivity contribution in [1.29, 1.82) is 0 Å². The second kappa shape index (κ2) is 4.54. The van der Waals surface area contributed by atoms with Crippen LogP contribution in [0.3, 0.4) is 0 Å². The Morgan fingerprint density at radius 2 is 1.93 bits per heavy atom. The number of aliphatic hydroxyl groups is 1. The highest BCUT2D eigenvalue weighted by Gasteiger charge is 2.17. The molecule has 3 heteroatoms. The molecule has 0 aliphatic carbocycles. The summed E-state index contributed by atoms with van der Waals surface area (Å²) in [7, 11) is 0. The molecule has 1 rings (SSSR count). The van der Waals surface area contributed by atoms with Crippen LogP contribution in [-0.4, -0.2) is 9.85 Å². The molecule has 0 aliphatic heterocycles. The second-order valence-corrected chi connectivity index (χ2v) is 6.44. The quantitative estimate of drug-likeness (QED) is 0.777. The van der Waals surface area contributed by atoms with Crippen molar-refractivity contribution in [3.05, 3.63) is 29.6 Å². The minimum absolute atomic E-state index is 0.0570. The van der Waals surface area contributed by atoms with E-state index < -0.39 is 6.10 Å². The maximum Gasteiger partial charge on any atom is 0.123 e. The number of thioether (sulfide) groups is 1. The molecule has 0 unspecified atom stereocenters. The molecule has 0 aliphatic rings. The summed E-state index contributed by atoms with van der Waals surface area (Å²) in [6.07, 6.45) is -0.634. The van der Waals surface area contributed by atoms with E-state index in [-0.39, 0.29) is 10.6 Å². The van der Waals surface area contributed by atoms with Gasteiger partial charge in [0.1, 0.15) is 5.82 Å². The lowest BCUT2D eigenvalue weighted by Crippen LogP contribution is -2.08. The Balaban J connectivity index is 3.06. The molecule has 0 radical (unpaired) electrons. The van der Waals surface area contributed by atoms with E-state index in [2.05, 4.69) is 20.8 Å². The zero-order valence-corrected chi connectivity index (χ0v) is 10.4. The van der Waals surface area contributed by atoms with Crippen LogP contribution in [0.5, 0.6) is 0 Å². The largest absolute Gasteiger partial charge is 0.389 e. The summed E-state index contributed by atoms with van der Waals surface area (Å²) in [5.74, 6) is -0.302. The van der Waals surface area contributed by atoms with Crippen LogP contribution in [0.25, 0.3) is 0 Å². The van der Waals surface area contributed by atoms with Crippen LogP contribution in [0, 0.1) is 5.82 Å². The number of halogens is 1. The van der Waals surface area contributed by atoms with Crippen LogP contribution in [0.1, 0.15) is 39.4 Å². The van der Waals surface area contributed by atoms with Crippen molar-refractivity contribution in [2.75, 3.05) is 0 Å². The minimum Gasteiger partial charge on any atom is -0.389 e. The second-order valence-electron chi connectivity index (χ2n) is 4.57. The van der Waals surface area contributed by atoms with Gasteiger partial charge in [0, 0.05) is 9.64 Å². The van der Waals surface area contributed by atoms with Crippen molar-refractivity contribution in [3.8, 4) is 0 Å². The number of rotatable bonds is 2. The van der Waals surface area contributed by atoms with E-state index >= 15 is 0 Å². The molecule has 0 aromatic heterocycles. The molecule has 0 saturated carbocycles. The lowest BCUT2D eigenvalue weighted by Gasteiger charge is -2.20. The maximum absolute atomic E-state index is 13.0. The Kier molecular flexibility index (Phi) is 3.79. The molecule has 0 saturated heterocycles. The lowest BCUT2D eigenvalue weighted by atomic mass is 10.1. The van der Waals surface area contributed by atoms with Crippen molar-refractivity contribution in [1.82, 2.24) is 0 Å². The summed E-state index contributed by atoms with van der Waals surface area (Å²) < 4.78 is 13.1. The topological polar surface area (TPSA) is 20.2 Å². The van der Waals surface area contributed by atoms with E-state index in [0.717, 1.165) is 4.90 Å². The molecule has 15 heavy (non-hydrogen) atoms. The van der Waals surface area contributed by atoms with Gasteiger partial charge in [-0.15, -0.1) is 11.8 Å². The van der Waals surface area contributed by atoms with E-state index in [4.69, 9.17) is 0 Å². The Bertz CT molecular complexity index is 342. The van der Waals surface area contributed by atoms with E-state index in [1.807, 2.05) is 0 Å². The van der Waals surface area contributed by atoms with Crippen LogP contribution in [0.15, 0.2) is 23.1 Å². The fraction of sp³-hybridized carbons (Fsp3) is 0.500. The van der Waals surface area contributed by atoms with Crippen molar-refractivity contribution < 1.29 is 9.50 Å². The SMILES string of the molecule is C[C@@H](O)c1cc(F)ccc1SC(C)(C)C. The van der Waals surface area contributed by atoms with Gasteiger partial charge < -0.3 is 5.11 Å². The van der Waals surface area contributed by atoms with Gasteiger partial charge >= 0.3 is 0 Å². The third-order valence-electron chi connectivity index (χ3n) is 1.84. The molecule has 0 spiro atoms. The Labute approximate surface area is 94.7 Å². The number of hydrogen-bond acceptors (Lipinski definition) is 2. The highest BCUT2D eigenvalue weighted by molar-refractivity contribution is 8.00. The summed E-state index contributed by atoms with van der Waals surface area (Å²) in [6.45, 7) is 7.92. The van der Waals surface area contributed by atoms with Gasteiger partial charge in [0.2, 0.25) is 0 Å². The van der Waals surface area contributed by atoms with Gasteiger partial charge in [0.25, 0.3) is 0 Å². The first-order valence-corrected chi connectivity index (χ1v) is 5.78. The van der Waals surface area contributed by atoms with Crippen molar-refractivity contribution >= 4 is 11.8 Å². The zero-order chi connectivity index (χ0) is 11.6. The Morgan fingerprint density at radius 1 is 1.33 bits per heavy atom. The predicted molar refractivity (Wildman–Crippen MR) is 62.6 cm³/mol. The molecular weight excluding hydrogens is 211 g/mol. The fourth-order valence-corrected chi connectivity index (χ4v) is 2.41. The first-order valence-electron chi connectivity index (χ1n) is 4.96. The average Bonchev–Trinajstić information content (AvgIpc) is 2.05. The van der Waals surface area contributed by atoms with Crippen LogP contribution < -0.4 is 0 Å². The summed E-state index contributed by atoms with van der Waals surface area (Å²) >= 11 is 1.64. The third kappa shape index (κ3) is 3.84. The third-order valence-corrected chi connectivity index (χ3v) is 3.04. The molecule has 1 aromatic rings. The number of aliphatic hydroxyl groups excluding tert-OH is 1. The molecule has 0 bridgehead atoms. The lowest BCUT2D eigenvalue weighted by molar-refractivity contribution is 0.196. The molecule has 1 aromatic carbocycles. The predicted octanol–water partition coefficient (Wildman–Crippen LogP) is 3.77. The van der Waals surface area contributed by atoms with Crippen LogP contribution in [0.2, 0.25) is 0 Å². The minimum atomic E-state index is -0.634. The number of hydrogen-bond donors (Lipinski definition) is 1. The van der Waals surface area contributed by atoms with Gasteiger partial charge in [-0.2, -0.15) is 0 Å². The maximum atomic E-state index is 13.0. The monoisotopic (exact) mass is 228 g/mol. The van der Waals surface area contributed by atoms with Gasteiger partial charge in [-0.3, -0.25) is 0 Å². The zero-order valence-electron chi connectivity index (χ0n) is 9.54. The normalized spacial score (nSPS) is 14.0. The highest BCUT2D eigenvalue weighted by atomic mass is 32.2. The Morgan fingerprint density at radius 3 is 2.40 bits per heavy atom. The van der Waals surface area contributed by atoms with Crippen molar-refractivity contribution in [2.45, 2.75) is 43.4 Å². The molecule has 1 N–H and O–H groups in total. The van der Waals surface area contributed by atoms with E-state index in [9.17, 15) is 9.50 Å². The summed E-state index contributed by atoms with van der Waals surface area (Å²) in [6, 6.07) is 4.56. The highest BCUT2D eigenvalue weighted by Crippen LogP contribution is 2.36. The molecule has 1 nitrogen and oxygen atoms in total. The Hall–Kier alpha value is -0.540. The number of benzene rings is 1. The smallest absolute Gasteiger partial charge is 0.123 e. The van der Waals surface area contributed by atoms with Gasteiger partial charge in [-0.1, -0.05) is 20.8 Å². The molecule has 1 atom stereocenters. The van der Waals surface area contributed by atoms with Gasteiger partial charge in [-0.05, 0) is 30.7 Å². The standard InChI is InChI=1S/C12H17FOS/c1-8(14)10-7-9(13)5-6-11(10)15-12(2,3)4/h5-8,14H,1-4H3/t8-/m1/s1. The van der Waals surface area contributed by atoms with Gasteiger partial charge in [-0.25, -0.2) is 4.39 Å². The van der Waals surface area contributed by atoms with E-state index in [0.29, 0.717) is 5.56 Å². The average molecular weight is 228 g/mol. The summed E-state index contributed by atoms with van der Waals surface area (Å²) in [4.78, 5) is 0.943. The van der Waals surface area contributed by atoms with E-state index in [1.54, 1.807) is 24.8 Å². The van der Waals surface area contributed by atoms with Gasteiger partial charge in [0.15, 0.2) is 0 Å². The van der Waals surface area contributed by atoms with Crippen LogP contribution in [-0.2, 0) is 0 Å². The molecular formula is C12H17FOS.